The maximum absolute atomic E-state index is 13.5. The molecular formula is C19H23F2N3O. The van der Waals surface area contributed by atoms with Crippen molar-refractivity contribution in [2.45, 2.75) is 31.4 Å². The largest absolute Gasteiger partial charge is 0.381 e. The van der Waals surface area contributed by atoms with Gasteiger partial charge in [0.2, 0.25) is 0 Å². The highest BCUT2D eigenvalue weighted by molar-refractivity contribution is 5.19. The van der Waals surface area contributed by atoms with Crippen molar-refractivity contribution in [3.05, 3.63) is 53.6 Å². The Kier molecular flexibility index (Phi) is 4.12. The van der Waals surface area contributed by atoms with E-state index >= 15 is 0 Å². The normalized spacial score (nSPS) is 29.8. The van der Waals surface area contributed by atoms with Crippen LogP contribution in [0.3, 0.4) is 0 Å². The lowest BCUT2D eigenvalue weighted by Gasteiger charge is -2.52. The van der Waals surface area contributed by atoms with Crippen molar-refractivity contribution in [3.8, 4) is 0 Å². The third kappa shape index (κ3) is 2.77. The Labute approximate surface area is 146 Å². The first-order valence-electron chi connectivity index (χ1n) is 8.85. The molecule has 1 saturated carbocycles. The molecule has 1 aromatic heterocycles. The number of halogens is 2. The van der Waals surface area contributed by atoms with E-state index in [4.69, 9.17) is 0 Å². The molecule has 134 valence electrons. The number of piperidine rings is 1. The van der Waals surface area contributed by atoms with Gasteiger partial charge in [0.05, 0.1) is 0 Å². The van der Waals surface area contributed by atoms with Crippen LogP contribution in [-0.2, 0) is 19.2 Å². The van der Waals surface area contributed by atoms with Crippen LogP contribution in [0.5, 0.6) is 0 Å². The number of rotatable bonds is 3. The molecule has 2 bridgehead atoms. The number of aryl methyl sites for hydroxylation is 1. The van der Waals surface area contributed by atoms with E-state index in [1.165, 1.54) is 12.1 Å². The Balaban J connectivity index is 1.57. The van der Waals surface area contributed by atoms with Crippen molar-refractivity contribution in [2.75, 3.05) is 13.1 Å². The monoisotopic (exact) mass is 347 g/mol. The van der Waals surface area contributed by atoms with Crippen LogP contribution in [0.15, 0.2) is 30.6 Å². The van der Waals surface area contributed by atoms with Crippen molar-refractivity contribution >= 4 is 0 Å². The second-order valence-electron chi connectivity index (χ2n) is 7.45. The Morgan fingerprint density at radius 3 is 2.52 bits per heavy atom. The first-order valence-corrected chi connectivity index (χ1v) is 8.85. The van der Waals surface area contributed by atoms with Crippen molar-refractivity contribution in [1.29, 1.82) is 0 Å². The van der Waals surface area contributed by atoms with E-state index in [0.29, 0.717) is 6.54 Å². The van der Waals surface area contributed by atoms with Crippen LogP contribution in [0.4, 0.5) is 8.78 Å². The van der Waals surface area contributed by atoms with Gasteiger partial charge in [-0.05, 0) is 30.5 Å². The van der Waals surface area contributed by atoms with E-state index in [-0.39, 0.29) is 11.8 Å². The quantitative estimate of drug-likeness (QED) is 0.928. The van der Waals surface area contributed by atoms with Gasteiger partial charge in [-0.1, -0.05) is 12.5 Å². The molecule has 2 aromatic rings. The number of hydrogen-bond donors (Lipinski definition) is 1. The lowest BCUT2D eigenvalue weighted by atomic mass is 9.65. The lowest BCUT2D eigenvalue weighted by molar-refractivity contribution is -0.155. The highest BCUT2D eigenvalue weighted by Crippen LogP contribution is 2.48. The second-order valence-corrected chi connectivity index (χ2v) is 7.45. The standard InChI is InChI=1S/C19H23F2N3O/c1-23-8-7-22-18(23)19(25)14-3-2-4-15(19)12-24(11-14)10-13-5-6-16(20)17(21)9-13/h5-9,14-15,25H,2-4,10-12H2,1H3/t14-,15-/m1/s1. The summed E-state index contributed by atoms with van der Waals surface area (Å²) in [6.07, 6.45) is 6.62. The van der Waals surface area contributed by atoms with Gasteiger partial charge >= 0.3 is 0 Å². The van der Waals surface area contributed by atoms with E-state index in [1.807, 2.05) is 17.8 Å². The SMILES string of the molecule is Cn1ccnc1C1(O)[C@@H]2CCC[C@@H]1CN(Cc1ccc(F)c(F)c1)C2. The van der Waals surface area contributed by atoms with E-state index in [9.17, 15) is 13.9 Å². The number of aliphatic hydroxyl groups is 1. The van der Waals surface area contributed by atoms with E-state index in [2.05, 4.69) is 9.88 Å². The fourth-order valence-corrected chi connectivity index (χ4v) is 4.68. The van der Waals surface area contributed by atoms with Gasteiger partial charge in [-0.15, -0.1) is 0 Å². The summed E-state index contributed by atoms with van der Waals surface area (Å²) in [4.78, 5) is 6.68. The summed E-state index contributed by atoms with van der Waals surface area (Å²) in [6.45, 7) is 2.04. The van der Waals surface area contributed by atoms with Gasteiger partial charge in [-0.2, -0.15) is 0 Å². The molecule has 2 heterocycles. The van der Waals surface area contributed by atoms with Gasteiger partial charge in [-0.25, -0.2) is 13.8 Å². The molecule has 25 heavy (non-hydrogen) atoms. The highest BCUT2D eigenvalue weighted by Gasteiger charge is 2.53. The fourth-order valence-electron chi connectivity index (χ4n) is 4.68. The average molecular weight is 347 g/mol. The predicted octanol–water partition coefficient (Wildman–Crippen LogP) is 2.82. The molecule has 2 aliphatic rings. The Morgan fingerprint density at radius 2 is 1.92 bits per heavy atom. The molecule has 1 aliphatic heterocycles. The van der Waals surface area contributed by atoms with E-state index in [0.717, 1.165) is 43.7 Å². The number of benzene rings is 1. The average Bonchev–Trinajstić information content (AvgIpc) is 2.99. The molecule has 1 aromatic carbocycles. The number of nitrogens with zero attached hydrogens (tertiary/aromatic N) is 3. The zero-order valence-electron chi connectivity index (χ0n) is 14.3. The molecule has 0 spiro atoms. The third-order valence-electron chi connectivity index (χ3n) is 5.88. The lowest BCUT2D eigenvalue weighted by Crippen LogP contribution is -2.58. The number of aromatic nitrogens is 2. The van der Waals surface area contributed by atoms with Crippen LogP contribution in [0.25, 0.3) is 0 Å². The van der Waals surface area contributed by atoms with Crippen LogP contribution in [0, 0.1) is 23.5 Å². The van der Waals surface area contributed by atoms with Crippen molar-refractivity contribution in [3.63, 3.8) is 0 Å². The van der Waals surface area contributed by atoms with Crippen LogP contribution >= 0.6 is 0 Å². The summed E-state index contributed by atoms with van der Waals surface area (Å²) in [6, 6.07) is 4.08. The van der Waals surface area contributed by atoms with E-state index in [1.54, 1.807) is 12.3 Å². The summed E-state index contributed by atoms with van der Waals surface area (Å²) < 4.78 is 28.5. The number of hydrogen-bond acceptors (Lipinski definition) is 3. The summed E-state index contributed by atoms with van der Waals surface area (Å²) in [5, 5.41) is 11.5. The Morgan fingerprint density at radius 1 is 1.20 bits per heavy atom. The van der Waals surface area contributed by atoms with E-state index < -0.39 is 17.2 Å². The first kappa shape index (κ1) is 16.7. The number of imidazole rings is 1. The van der Waals surface area contributed by atoms with Gasteiger partial charge in [0.15, 0.2) is 11.6 Å². The molecule has 6 heteroatoms. The summed E-state index contributed by atoms with van der Waals surface area (Å²) in [5.41, 5.74) is -0.138. The zero-order chi connectivity index (χ0) is 17.6. The van der Waals surface area contributed by atoms with Crippen LogP contribution in [-0.4, -0.2) is 32.6 Å². The Bertz CT molecular complexity index is 762. The minimum absolute atomic E-state index is 0.103. The first-order chi connectivity index (χ1) is 12.0. The molecule has 0 unspecified atom stereocenters. The number of likely N-dealkylation sites (tertiary alicyclic amines) is 1. The molecule has 4 rings (SSSR count). The molecule has 1 saturated heterocycles. The Hall–Kier alpha value is -1.79. The van der Waals surface area contributed by atoms with Crippen LogP contribution in [0.1, 0.15) is 30.7 Å². The molecule has 4 nitrogen and oxygen atoms in total. The molecular weight excluding hydrogens is 324 g/mol. The fraction of sp³-hybridized carbons (Fsp3) is 0.526. The molecule has 0 radical (unpaired) electrons. The van der Waals surface area contributed by atoms with Gasteiger partial charge < -0.3 is 9.67 Å². The van der Waals surface area contributed by atoms with Gasteiger partial charge in [0.1, 0.15) is 11.4 Å². The smallest absolute Gasteiger partial charge is 0.159 e. The minimum atomic E-state index is -0.902. The van der Waals surface area contributed by atoms with Gasteiger partial charge in [-0.3, -0.25) is 4.90 Å². The van der Waals surface area contributed by atoms with Crippen molar-refractivity contribution in [1.82, 2.24) is 14.5 Å². The summed E-state index contributed by atoms with van der Waals surface area (Å²) in [5.74, 6) is -0.671. The summed E-state index contributed by atoms with van der Waals surface area (Å²) >= 11 is 0. The third-order valence-corrected chi connectivity index (χ3v) is 5.88. The zero-order valence-corrected chi connectivity index (χ0v) is 14.3. The van der Waals surface area contributed by atoms with Gasteiger partial charge in [0, 0.05) is 50.9 Å². The van der Waals surface area contributed by atoms with Crippen LogP contribution in [0.2, 0.25) is 0 Å². The maximum Gasteiger partial charge on any atom is 0.159 e. The summed E-state index contributed by atoms with van der Waals surface area (Å²) in [7, 11) is 1.92. The predicted molar refractivity (Wildman–Crippen MR) is 89.6 cm³/mol. The highest BCUT2D eigenvalue weighted by atomic mass is 19.2. The van der Waals surface area contributed by atoms with Crippen molar-refractivity contribution in [2.24, 2.45) is 18.9 Å². The molecule has 0 amide bonds. The topological polar surface area (TPSA) is 41.3 Å². The molecule has 2 fully saturated rings. The minimum Gasteiger partial charge on any atom is -0.381 e. The van der Waals surface area contributed by atoms with Crippen molar-refractivity contribution < 1.29 is 13.9 Å². The molecule has 1 aliphatic carbocycles. The molecule has 2 atom stereocenters. The molecule has 1 N–H and O–H groups in total. The maximum atomic E-state index is 13.5. The van der Waals surface area contributed by atoms with Crippen LogP contribution < -0.4 is 0 Å². The van der Waals surface area contributed by atoms with Gasteiger partial charge in [0.25, 0.3) is 0 Å². The number of fused-ring (bicyclic) bond motifs is 2. The second kappa shape index (κ2) is 6.18.